The van der Waals surface area contributed by atoms with Gasteiger partial charge in [0, 0.05) is 11.1 Å². The Bertz CT molecular complexity index is 1880. The first-order valence-electron chi connectivity index (χ1n) is 12.1. The van der Waals surface area contributed by atoms with E-state index in [9.17, 15) is 26.3 Å². The first-order chi connectivity index (χ1) is 20.0. The van der Waals surface area contributed by atoms with Gasteiger partial charge >= 0.3 is 12.4 Å². The summed E-state index contributed by atoms with van der Waals surface area (Å²) in [5.41, 5.74) is -0.909. The summed E-state index contributed by atoms with van der Waals surface area (Å²) in [6.45, 7) is -0.464. The van der Waals surface area contributed by atoms with Crippen LogP contribution in [0.3, 0.4) is 0 Å². The summed E-state index contributed by atoms with van der Waals surface area (Å²) < 4.78 is 87.9. The maximum atomic E-state index is 13.5. The minimum absolute atomic E-state index is 0.0762. The Morgan fingerprint density at radius 3 is 2.10 bits per heavy atom. The van der Waals surface area contributed by atoms with Crippen molar-refractivity contribution >= 4 is 22.6 Å². The maximum Gasteiger partial charge on any atom is 0.416 e. The largest absolute Gasteiger partial charge is 0.416 e. The summed E-state index contributed by atoms with van der Waals surface area (Å²) in [6.07, 6.45) is -8.65. The van der Waals surface area contributed by atoms with E-state index in [1.807, 2.05) is 0 Å². The average Bonchev–Trinajstić information content (AvgIpc) is 3.57. The lowest BCUT2D eigenvalue weighted by Gasteiger charge is -2.15. The lowest BCUT2D eigenvalue weighted by Crippen LogP contribution is -2.13. The molecule has 0 aliphatic rings. The van der Waals surface area contributed by atoms with Crippen molar-refractivity contribution in [2.75, 3.05) is 0 Å². The van der Waals surface area contributed by atoms with E-state index in [2.05, 4.69) is 25.7 Å². The van der Waals surface area contributed by atoms with Gasteiger partial charge in [-0.3, -0.25) is 0 Å². The Kier molecular flexibility index (Phi) is 6.68. The Hall–Kier alpha value is -4.78. The molecular formula is C28H15ClF6N6O. The molecule has 7 nitrogen and oxygen atoms in total. The number of nitrogens with zero attached hydrogens (tertiary/aromatic N) is 6. The molecule has 0 saturated carbocycles. The Morgan fingerprint density at radius 2 is 1.43 bits per heavy atom. The molecule has 0 saturated heterocycles. The van der Waals surface area contributed by atoms with Crippen molar-refractivity contribution in [1.29, 1.82) is 0 Å². The first-order valence-corrected chi connectivity index (χ1v) is 12.5. The van der Waals surface area contributed by atoms with Crippen molar-refractivity contribution in [3.8, 4) is 33.9 Å². The van der Waals surface area contributed by atoms with Gasteiger partial charge in [-0.25, -0.2) is 4.68 Å². The highest BCUT2D eigenvalue weighted by atomic mass is 35.5. The number of aromatic nitrogens is 6. The standard InChI is InChI=1S/C28H15ClF6N6O/c29-20-9-5-4-8-19(20)23-22-21(42-39-23)13-36-37-24(22)25-26(16-6-2-1-3-7-16)41(40-38-25)14-15-10-17(27(30,31)32)12-18(11-15)28(33,34)35/h1-13H,14H2. The highest BCUT2D eigenvalue weighted by molar-refractivity contribution is 6.33. The molecule has 0 amide bonds. The minimum atomic E-state index is -5.00. The third-order valence-corrected chi connectivity index (χ3v) is 6.73. The van der Waals surface area contributed by atoms with E-state index in [0.717, 1.165) is 0 Å². The lowest BCUT2D eigenvalue weighted by molar-refractivity contribution is -0.143. The van der Waals surface area contributed by atoms with Crippen LogP contribution in [-0.4, -0.2) is 30.3 Å². The first kappa shape index (κ1) is 27.4. The van der Waals surface area contributed by atoms with Crippen LogP contribution >= 0.6 is 11.6 Å². The van der Waals surface area contributed by atoms with Crippen LogP contribution in [-0.2, 0) is 18.9 Å². The molecule has 0 unspecified atom stereocenters. The second kappa shape index (κ2) is 10.2. The number of fused-ring (bicyclic) bond motifs is 1. The Labute approximate surface area is 237 Å². The molecule has 0 aliphatic carbocycles. The van der Waals surface area contributed by atoms with Gasteiger partial charge < -0.3 is 4.52 Å². The molecule has 3 aromatic heterocycles. The predicted octanol–water partition coefficient (Wildman–Crippen LogP) is 7.95. The van der Waals surface area contributed by atoms with E-state index in [1.165, 1.54) is 10.9 Å². The molecule has 0 atom stereocenters. The summed E-state index contributed by atoms with van der Waals surface area (Å²) in [6, 6.07) is 16.8. The quantitative estimate of drug-likeness (QED) is 0.187. The van der Waals surface area contributed by atoms with Crippen LogP contribution in [0.2, 0.25) is 5.02 Å². The van der Waals surface area contributed by atoms with Gasteiger partial charge in [0.2, 0.25) is 0 Å². The second-order valence-electron chi connectivity index (χ2n) is 9.17. The molecule has 14 heteroatoms. The lowest BCUT2D eigenvalue weighted by atomic mass is 10.0. The number of benzene rings is 3. The van der Waals surface area contributed by atoms with Crippen LogP contribution in [0.1, 0.15) is 16.7 Å². The number of hydrogen-bond acceptors (Lipinski definition) is 6. The van der Waals surface area contributed by atoms with Crippen molar-refractivity contribution in [1.82, 2.24) is 30.3 Å². The number of halogens is 7. The third-order valence-electron chi connectivity index (χ3n) is 6.40. The number of hydrogen-bond donors (Lipinski definition) is 0. The van der Waals surface area contributed by atoms with Crippen LogP contribution in [0.25, 0.3) is 44.9 Å². The van der Waals surface area contributed by atoms with E-state index < -0.39 is 30.0 Å². The van der Waals surface area contributed by atoms with E-state index in [0.29, 0.717) is 39.4 Å². The monoisotopic (exact) mass is 600 g/mol. The molecule has 0 aliphatic heterocycles. The van der Waals surface area contributed by atoms with Crippen LogP contribution in [0.15, 0.2) is 83.5 Å². The van der Waals surface area contributed by atoms with Gasteiger partial charge in [0.25, 0.3) is 0 Å². The zero-order chi connectivity index (χ0) is 29.6. The van der Waals surface area contributed by atoms with Crippen molar-refractivity contribution in [3.05, 3.63) is 101 Å². The summed E-state index contributed by atoms with van der Waals surface area (Å²) in [5.74, 6) is 0. The molecule has 0 fully saturated rings. The molecule has 212 valence electrons. The molecule has 3 aromatic carbocycles. The topological polar surface area (TPSA) is 82.5 Å². The maximum absolute atomic E-state index is 13.5. The third kappa shape index (κ3) is 5.07. The van der Waals surface area contributed by atoms with Gasteiger partial charge in [-0.1, -0.05) is 70.5 Å². The van der Waals surface area contributed by atoms with Crippen LogP contribution < -0.4 is 0 Å². The molecule has 0 radical (unpaired) electrons. The summed E-state index contributed by atoms with van der Waals surface area (Å²) in [7, 11) is 0. The van der Waals surface area contributed by atoms with E-state index in [4.69, 9.17) is 16.1 Å². The highest BCUT2D eigenvalue weighted by Gasteiger charge is 2.37. The van der Waals surface area contributed by atoms with Crippen LogP contribution in [0.4, 0.5) is 26.3 Å². The molecule has 6 aromatic rings. The fourth-order valence-corrected chi connectivity index (χ4v) is 4.79. The van der Waals surface area contributed by atoms with E-state index in [-0.39, 0.29) is 34.3 Å². The van der Waals surface area contributed by atoms with Gasteiger partial charge in [-0.05, 0) is 29.8 Å². The summed E-state index contributed by atoms with van der Waals surface area (Å²) in [4.78, 5) is 0. The Balaban J connectivity index is 1.55. The van der Waals surface area contributed by atoms with Gasteiger partial charge in [-0.2, -0.15) is 31.4 Å². The molecule has 0 spiro atoms. The van der Waals surface area contributed by atoms with Crippen LogP contribution in [0.5, 0.6) is 0 Å². The zero-order valence-electron chi connectivity index (χ0n) is 20.9. The van der Waals surface area contributed by atoms with Gasteiger partial charge in [0.1, 0.15) is 17.1 Å². The Morgan fingerprint density at radius 1 is 0.762 bits per heavy atom. The predicted molar refractivity (Wildman–Crippen MR) is 140 cm³/mol. The van der Waals surface area contributed by atoms with Crippen molar-refractivity contribution in [2.45, 2.75) is 18.9 Å². The average molecular weight is 601 g/mol. The minimum Gasteiger partial charge on any atom is -0.354 e. The SMILES string of the molecule is FC(F)(F)c1cc(Cn2nnc(-c3nncc4onc(-c5ccccc5Cl)c34)c2-c2ccccc2)cc(C(F)(F)F)c1. The fraction of sp³-hybridized carbons (Fsp3) is 0.107. The molecule has 0 N–H and O–H groups in total. The van der Waals surface area contributed by atoms with E-state index in [1.54, 1.807) is 54.6 Å². The van der Waals surface area contributed by atoms with Gasteiger partial charge in [0.15, 0.2) is 5.58 Å². The zero-order valence-corrected chi connectivity index (χ0v) is 21.7. The number of alkyl halides is 6. The van der Waals surface area contributed by atoms with Crippen molar-refractivity contribution in [3.63, 3.8) is 0 Å². The number of rotatable bonds is 5. The molecule has 3 heterocycles. The smallest absolute Gasteiger partial charge is 0.354 e. The van der Waals surface area contributed by atoms with E-state index >= 15 is 0 Å². The molecule has 6 rings (SSSR count). The van der Waals surface area contributed by atoms with Crippen molar-refractivity contribution < 1.29 is 30.9 Å². The normalized spacial score (nSPS) is 12.3. The van der Waals surface area contributed by atoms with Gasteiger partial charge in [-0.15, -0.1) is 10.2 Å². The highest BCUT2D eigenvalue weighted by Crippen LogP contribution is 2.40. The van der Waals surface area contributed by atoms with Crippen molar-refractivity contribution in [2.24, 2.45) is 0 Å². The second-order valence-corrected chi connectivity index (χ2v) is 9.58. The summed E-state index contributed by atoms with van der Waals surface area (Å²) >= 11 is 6.42. The molecule has 42 heavy (non-hydrogen) atoms. The van der Waals surface area contributed by atoms with Crippen LogP contribution in [0, 0.1) is 0 Å². The molecular weight excluding hydrogens is 586 g/mol. The molecule has 0 bridgehead atoms. The summed E-state index contributed by atoms with van der Waals surface area (Å²) in [5, 5.41) is 21.5. The fourth-order valence-electron chi connectivity index (χ4n) is 4.56. The van der Waals surface area contributed by atoms with Gasteiger partial charge in [0.05, 0.1) is 40.0 Å².